The number of carbonyl (C=O) groups is 1. The van der Waals surface area contributed by atoms with Crippen LogP contribution >= 0.6 is 0 Å². The van der Waals surface area contributed by atoms with Crippen molar-refractivity contribution in [3.8, 4) is 0 Å². The molecule has 1 rings (SSSR count). The molecule has 2 N–H and O–H groups in total. The van der Waals surface area contributed by atoms with Crippen molar-refractivity contribution in [1.29, 1.82) is 0 Å². The van der Waals surface area contributed by atoms with Crippen LogP contribution in [0.2, 0.25) is 0 Å². The van der Waals surface area contributed by atoms with Gasteiger partial charge in [0.05, 0.1) is 0 Å². The molecule has 0 heterocycles. The standard InChI is InChI=1S/C18H28N2O4S/c1-14(2)12-20-25(22,23)11-10-15-8-6-7-9-16(15)13-19-17(21)24-18(3,4)5/h6-11,14,20H,12-13H2,1-5H3,(H,19,21)/b11-10+. The van der Waals surface area contributed by atoms with Crippen LogP contribution in [0.3, 0.4) is 0 Å². The van der Waals surface area contributed by atoms with Crippen molar-refractivity contribution in [3.63, 3.8) is 0 Å². The van der Waals surface area contributed by atoms with Gasteiger partial charge < -0.3 is 10.1 Å². The maximum Gasteiger partial charge on any atom is 0.407 e. The molecule has 0 aromatic heterocycles. The minimum atomic E-state index is -3.49. The van der Waals surface area contributed by atoms with Gasteiger partial charge in [0.15, 0.2) is 0 Å². The number of sulfonamides is 1. The summed E-state index contributed by atoms with van der Waals surface area (Å²) >= 11 is 0. The summed E-state index contributed by atoms with van der Waals surface area (Å²) in [6, 6.07) is 7.26. The second-order valence-corrected chi connectivity index (χ2v) is 8.80. The molecule has 0 saturated carbocycles. The van der Waals surface area contributed by atoms with Crippen molar-refractivity contribution >= 4 is 22.2 Å². The van der Waals surface area contributed by atoms with E-state index in [4.69, 9.17) is 4.74 Å². The van der Waals surface area contributed by atoms with Crippen molar-refractivity contribution in [2.75, 3.05) is 6.54 Å². The first kappa shape index (κ1) is 21.2. The van der Waals surface area contributed by atoms with Crippen LogP contribution < -0.4 is 10.0 Å². The van der Waals surface area contributed by atoms with Gasteiger partial charge in [0.25, 0.3) is 0 Å². The SMILES string of the molecule is CC(C)CNS(=O)(=O)/C=C/c1ccccc1CNC(=O)OC(C)(C)C. The van der Waals surface area contributed by atoms with E-state index in [1.165, 1.54) is 6.08 Å². The molecule has 140 valence electrons. The van der Waals surface area contributed by atoms with E-state index in [0.29, 0.717) is 12.1 Å². The molecule has 1 aromatic rings. The third-order valence-electron chi connectivity index (χ3n) is 3.00. The average molecular weight is 368 g/mol. The van der Waals surface area contributed by atoms with Crippen LogP contribution in [0, 0.1) is 5.92 Å². The van der Waals surface area contributed by atoms with E-state index in [9.17, 15) is 13.2 Å². The van der Waals surface area contributed by atoms with Gasteiger partial charge in [0.1, 0.15) is 5.60 Å². The summed E-state index contributed by atoms with van der Waals surface area (Å²) < 4.78 is 31.6. The lowest BCUT2D eigenvalue weighted by molar-refractivity contribution is 0.0523. The Bertz CT molecular complexity index is 704. The lowest BCUT2D eigenvalue weighted by Gasteiger charge is -2.19. The quantitative estimate of drug-likeness (QED) is 0.774. The van der Waals surface area contributed by atoms with Crippen LogP contribution in [0.1, 0.15) is 45.7 Å². The molecule has 0 atom stereocenters. The average Bonchev–Trinajstić information content (AvgIpc) is 2.48. The zero-order valence-corrected chi connectivity index (χ0v) is 16.3. The highest BCUT2D eigenvalue weighted by Gasteiger charge is 2.16. The normalized spacial score (nSPS) is 12.6. The van der Waals surface area contributed by atoms with Crippen molar-refractivity contribution in [2.45, 2.75) is 46.8 Å². The molecule has 1 amide bonds. The van der Waals surface area contributed by atoms with Crippen LogP contribution in [-0.2, 0) is 21.3 Å². The largest absolute Gasteiger partial charge is 0.444 e. The Morgan fingerprint density at radius 1 is 1.24 bits per heavy atom. The van der Waals surface area contributed by atoms with Crippen LogP contribution in [0.4, 0.5) is 4.79 Å². The van der Waals surface area contributed by atoms with E-state index in [1.807, 2.05) is 32.0 Å². The number of benzene rings is 1. The molecule has 0 bridgehead atoms. The number of alkyl carbamates (subject to hydrolysis) is 1. The van der Waals surface area contributed by atoms with Crippen LogP contribution in [0.15, 0.2) is 29.7 Å². The van der Waals surface area contributed by atoms with E-state index in [-0.39, 0.29) is 12.5 Å². The summed E-state index contributed by atoms with van der Waals surface area (Å²) in [4.78, 5) is 11.8. The third-order valence-corrected chi connectivity index (χ3v) is 4.06. The second-order valence-electron chi connectivity index (χ2n) is 7.14. The number of carbonyl (C=O) groups excluding carboxylic acids is 1. The number of hydrogen-bond acceptors (Lipinski definition) is 4. The van der Waals surface area contributed by atoms with Gasteiger partial charge in [-0.25, -0.2) is 17.9 Å². The van der Waals surface area contributed by atoms with Crippen molar-refractivity contribution in [2.24, 2.45) is 5.92 Å². The van der Waals surface area contributed by atoms with Crippen molar-refractivity contribution in [1.82, 2.24) is 10.0 Å². The Morgan fingerprint density at radius 2 is 1.88 bits per heavy atom. The molecule has 25 heavy (non-hydrogen) atoms. The summed E-state index contributed by atoms with van der Waals surface area (Å²) in [5.41, 5.74) is 0.941. The molecular weight excluding hydrogens is 340 g/mol. The molecule has 0 aliphatic rings. The number of ether oxygens (including phenoxy) is 1. The van der Waals surface area contributed by atoms with Gasteiger partial charge in [0.2, 0.25) is 10.0 Å². The molecule has 1 aromatic carbocycles. The third kappa shape index (κ3) is 9.26. The van der Waals surface area contributed by atoms with Gasteiger partial charge in [-0.1, -0.05) is 38.1 Å². The predicted molar refractivity (Wildman–Crippen MR) is 100 cm³/mol. The zero-order valence-electron chi connectivity index (χ0n) is 15.5. The molecule has 0 fully saturated rings. The van der Waals surface area contributed by atoms with Gasteiger partial charge in [0, 0.05) is 18.5 Å². The molecule has 0 saturated heterocycles. The molecule has 0 aliphatic carbocycles. The topological polar surface area (TPSA) is 84.5 Å². The van der Waals surface area contributed by atoms with E-state index in [0.717, 1.165) is 11.0 Å². The summed E-state index contributed by atoms with van der Waals surface area (Å²) in [6.07, 6.45) is 1.01. The highest BCUT2D eigenvalue weighted by atomic mass is 32.2. The second kappa shape index (κ2) is 9.01. The monoisotopic (exact) mass is 368 g/mol. The van der Waals surface area contributed by atoms with Crippen molar-refractivity contribution < 1.29 is 17.9 Å². The molecule has 0 unspecified atom stereocenters. The Hall–Kier alpha value is -1.86. The zero-order chi connectivity index (χ0) is 19.1. The fraction of sp³-hybridized carbons (Fsp3) is 0.500. The van der Waals surface area contributed by atoms with E-state index >= 15 is 0 Å². The molecular formula is C18H28N2O4S. The Labute approximate surface area is 150 Å². The van der Waals surface area contributed by atoms with E-state index in [2.05, 4.69) is 10.0 Å². The van der Waals surface area contributed by atoms with Crippen LogP contribution in [0.25, 0.3) is 6.08 Å². The van der Waals surface area contributed by atoms with Gasteiger partial charge in [-0.2, -0.15) is 0 Å². The molecule has 6 nitrogen and oxygen atoms in total. The van der Waals surface area contributed by atoms with Crippen LogP contribution in [0.5, 0.6) is 0 Å². The maximum atomic E-state index is 12.0. The number of hydrogen-bond donors (Lipinski definition) is 2. The van der Waals surface area contributed by atoms with Gasteiger partial charge in [-0.05, 0) is 43.9 Å². The summed E-state index contributed by atoms with van der Waals surface area (Å²) in [5, 5.41) is 3.81. The fourth-order valence-corrected chi connectivity index (χ4v) is 2.82. The van der Waals surface area contributed by atoms with Crippen LogP contribution in [-0.4, -0.2) is 26.7 Å². The smallest absolute Gasteiger partial charge is 0.407 e. The highest BCUT2D eigenvalue weighted by molar-refractivity contribution is 7.92. The number of nitrogens with one attached hydrogen (secondary N) is 2. The summed E-state index contributed by atoms with van der Waals surface area (Å²) in [6.45, 7) is 9.87. The Balaban J connectivity index is 2.77. The number of rotatable bonds is 7. The van der Waals surface area contributed by atoms with E-state index < -0.39 is 21.7 Å². The number of amides is 1. The van der Waals surface area contributed by atoms with Crippen molar-refractivity contribution in [3.05, 3.63) is 40.8 Å². The first-order valence-corrected chi connectivity index (χ1v) is 9.75. The summed E-state index contributed by atoms with van der Waals surface area (Å²) in [5.74, 6) is 0.230. The lowest BCUT2D eigenvalue weighted by Crippen LogP contribution is -2.32. The Morgan fingerprint density at radius 3 is 2.48 bits per heavy atom. The minimum Gasteiger partial charge on any atom is -0.444 e. The maximum absolute atomic E-state index is 12.0. The van der Waals surface area contributed by atoms with Gasteiger partial charge in [-0.15, -0.1) is 0 Å². The fourth-order valence-electron chi connectivity index (χ4n) is 1.83. The Kier molecular flexibility index (Phi) is 7.63. The highest BCUT2D eigenvalue weighted by Crippen LogP contribution is 2.12. The van der Waals surface area contributed by atoms with Gasteiger partial charge in [-0.3, -0.25) is 0 Å². The molecule has 7 heteroatoms. The molecule has 0 radical (unpaired) electrons. The first-order valence-electron chi connectivity index (χ1n) is 8.21. The summed E-state index contributed by atoms with van der Waals surface area (Å²) in [7, 11) is -3.49. The minimum absolute atomic E-state index is 0.230. The molecule has 0 spiro atoms. The lowest BCUT2D eigenvalue weighted by atomic mass is 10.1. The first-order chi connectivity index (χ1) is 11.5. The van der Waals surface area contributed by atoms with Gasteiger partial charge >= 0.3 is 6.09 Å². The predicted octanol–water partition coefficient (Wildman–Crippen LogP) is 3.26. The molecule has 0 aliphatic heterocycles. The van der Waals surface area contributed by atoms with E-state index in [1.54, 1.807) is 26.8 Å².